The smallest absolute Gasteiger partial charge is 0.261 e. The van der Waals surface area contributed by atoms with Crippen LogP contribution in [-0.4, -0.2) is 60.8 Å². The maximum absolute atomic E-state index is 12.9. The second-order valence-corrected chi connectivity index (χ2v) is 8.45. The fourth-order valence-electron chi connectivity index (χ4n) is 4.38. The molecule has 0 spiro atoms. The highest BCUT2D eigenvalue weighted by Gasteiger charge is 2.19. The van der Waals surface area contributed by atoms with Gasteiger partial charge in [-0.05, 0) is 43.2 Å². The lowest BCUT2D eigenvalue weighted by Crippen LogP contribution is -2.35. The number of carbonyl (C=O) groups is 1. The Morgan fingerprint density at radius 3 is 2.51 bits per heavy atom. The molecule has 2 heterocycles. The molecular formula is C26H29N5O4. The SMILES string of the molecule is COc1cc2ncn(CCCC(=O)N3CCCN(c4ccc(C#N)cc4)CC3)c(=O)c2cc1OC. The van der Waals surface area contributed by atoms with Gasteiger partial charge in [-0.3, -0.25) is 14.2 Å². The summed E-state index contributed by atoms with van der Waals surface area (Å²) in [6.45, 7) is 3.38. The first kappa shape index (κ1) is 24.1. The molecule has 0 unspecified atom stereocenters. The molecule has 0 radical (unpaired) electrons. The van der Waals surface area contributed by atoms with E-state index < -0.39 is 0 Å². The molecular weight excluding hydrogens is 446 g/mol. The first-order valence-corrected chi connectivity index (χ1v) is 11.7. The highest BCUT2D eigenvalue weighted by atomic mass is 16.5. The number of anilines is 1. The van der Waals surface area contributed by atoms with Gasteiger partial charge in [0.05, 0.1) is 43.1 Å². The fraction of sp³-hybridized carbons (Fsp3) is 0.385. The van der Waals surface area contributed by atoms with Gasteiger partial charge in [0.15, 0.2) is 11.5 Å². The average molecular weight is 476 g/mol. The van der Waals surface area contributed by atoms with Crippen molar-refractivity contribution in [3.63, 3.8) is 0 Å². The minimum Gasteiger partial charge on any atom is -0.493 e. The number of aromatic nitrogens is 2. The van der Waals surface area contributed by atoms with Gasteiger partial charge >= 0.3 is 0 Å². The van der Waals surface area contributed by atoms with Crippen molar-refractivity contribution >= 4 is 22.5 Å². The molecule has 1 saturated heterocycles. The number of hydrogen-bond acceptors (Lipinski definition) is 7. The van der Waals surface area contributed by atoms with Gasteiger partial charge in [-0.25, -0.2) is 4.98 Å². The molecule has 0 atom stereocenters. The van der Waals surface area contributed by atoms with E-state index >= 15 is 0 Å². The molecule has 2 aromatic carbocycles. The van der Waals surface area contributed by atoms with E-state index in [0.29, 0.717) is 60.4 Å². The average Bonchev–Trinajstić information content (AvgIpc) is 3.16. The van der Waals surface area contributed by atoms with E-state index in [0.717, 1.165) is 25.2 Å². The highest BCUT2D eigenvalue weighted by Crippen LogP contribution is 2.29. The van der Waals surface area contributed by atoms with Crippen LogP contribution in [0.15, 0.2) is 47.5 Å². The summed E-state index contributed by atoms with van der Waals surface area (Å²) in [5.41, 5.74) is 2.07. The van der Waals surface area contributed by atoms with Crippen molar-refractivity contribution in [3.05, 3.63) is 58.6 Å². The molecule has 9 heteroatoms. The Morgan fingerprint density at radius 1 is 1.06 bits per heavy atom. The molecule has 1 fully saturated rings. The van der Waals surface area contributed by atoms with Crippen LogP contribution in [0.25, 0.3) is 10.9 Å². The molecule has 0 saturated carbocycles. The molecule has 3 aromatic rings. The van der Waals surface area contributed by atoms with Crippen LogP contribution in [0.2, 0.25) is 0 Å². The van der Waals surface area contributed by atoms with Crippen LogP contribution in [0.1, 0.15) is 24.8 Å². The summed E-state index contributed by atoms with van der Waals surface area (Å²) >= 11 is 0. The van der Waals surface area contributed by atoms with E-state index in [1.165, 1.54) is 25.1 Å². The Hall–Kier alpha value is -4.06. The van der Waals surface area contributed by atoms with Crippen LogP contribution < -0.4 is 19.9 Å². The predicted octanol–water partition coefficient (Wildman–Crippen LogP) is 2.80. The topological polar surface area (TPSA) is 101 Å². The molecule has 1 amide bonds. The second-order valence-electron chi connectivity index (χ2n) is 8.45. The Labute approximate surface area is 204 Å². The summed E-state index contributed by atoms with van der Waals surface area (Å²) in [5, 5.41) is 9.44. The summed E-state index contributed by atoms with van der Waals surface area (Å²) in [6.07, 6.45) is 3.32. The Kier molecular flexibility index (Phi) is 7.51. The Bertz CT molecular complexity index is 1300. The quantitative estimate of drug-likeness (QED) is 0.518. The number of benzene rings is 2. The van der Waals surface area contributed by atoms with Crippen molar-refractivity contribution in [2.24, 2.45) is 0 Å². The lowest BCUT2D eigenvalue weighted by molar-refractivity contribution is -0.131. The minimum absolute atomic E-state index is 0.0971. The summed E-state index contributed by atoms with van der Waals surface area (Å²) in [4.78, 5) is 34.3. The van der Waals surface area contributed by atoms with Gasteiger partial charge in [0, 0.05) is 50.9 Å². The van der Waals surface area contributed by atoms with Gasteiger partial charge in [-0.2, -0.15) is 5.26 Å². The molecule has 1 aromatic heterocycles. The predicted molar refractivity (Wildman–Crippen MR) is 133 cm³/mol. The molecule has 0 N–H and O–H groups in total. The van der Waals surface area contributed by atoms with Gasteiger partial charge in [0.2, 0.25) is 5.91 Å². The summed E-state index contributed by atoms with van der Waals surface area (Å²) in [5.74, 6) is 1.09. The highest BCUT2D eigenvalue weighted by molar-refractivity contribution is 5.81. The first-order chi connectivity index (χ1) is 17.0. The maximum atomic E-state index is 12.9. The third kappa shape index (κ3) is 5.38. The number of hydrogen-bond donors (Lipinski definition) is 0. The van der Waals surface area contributed by atoms with Crippen molar-refractivity contribution in [2.75, 3.05) is 45.3 Å². The number of ether oxygens (including phenoxy) is 2. The van der Waals surface area contributed by atoms with E-state index in [-0.39, 0.29) is 11.5 Å². The van der Waals surface area contributed by atoms with Crippen molar-refractivity contribution in [1.82, 2.24) is 14.5 Å². The van der Waals surface area contributed by atoms with Crippen molar-refractivity contribution in [3.8, 4) is 17.6 Å². The van der Waals surface area contributed by atoms with E-state index in [2.05, 4.69) is 16.0 Å². The molecule has 1 aliphatic rings. The maximum Gasteiger partial charge on any atom is 0.261 e. The molecule has 1 aliphatic heterocycles. The van der Waals surface area contributed by atoms with Gasteiger partial charge in [0.1, 0.15) is 0 Å². The van der Waals surface area contributed by atoms with Crippen LogP contribution in [0, 0.1) is 11.3 Å². The number of amides is 1. The number of rotatable bonds is 7. The lowest BCUT2D eigenvalue weighted by Gasteiger charge is -2.24. The van der Waals surface area contributed by atoms with E-state index in [9.17, 15) is 9.59 Å². The fourth-order valence-corrected chi connectivity index (χ4v) is 4.38. The number of nitrogens with zero attached hydrogens (tertiary/aromatic N) is 5. The summed E-state index contributed by atoms with van der Waals surface area (Å²) in [6, 6.07) is 13.0. The van der Waals surface area contributed by atoms with E-state index in [1.807, 2.05) is 29.2 Å². The van der Waals surface area contributed by atoms with Crippen LogP contribution in [0.4, 0.5) is 5.69 Å². The van der Waals surface area contributed by atoms with E-state index in [1.54, 1.807) is 12.1 Å². The molecule has 0 aliphatic carbocycles. The molecule has 4 rings (SSSR count). The van der Waals surface area contributed by atoms with Crippen LogP contribution >= 0.6 is 0 Å². The third-order valence-corrected chi connectivity index (χ3v) is 6.33. The molecule has 9 nitrogen and oxygen atoms in total. The number of aryl methyl sites for hydroxylation is 1. The Morgan fingerprint density at radius 2 is 1.80 bits per heavy atom. The van der Waals surface area contributed by atoms with Gasteiger partial charge < -0.3 is 19.3 Å². The third-order valence-electron chi connectivity index (χ3n) is 6.33. The minimum atomic E-state index is -0.170. The normalized spacial score (nSPS) is 13.9. The van der Waals surface area contributed by atoms with Crippen molar-refractivity contribution < 1.29 is 14.3 Å². The van der Waals surface area contributed by atoms with Crippen LogP contribution in [0.3, 0.4) is 0 Å². The zero-order valence-corrected chi connectivity index (χ0v) is 20.1. The van der Waals surface area contributed by atoms with Crippen molar-refractivity contribution in [1.29, 1.82) is 5.26 Å². The summed E-state index contributed by atoms with van der Waals surface area (Å²) in [7, 11) is 3.06. The number of methoxy groups -OCH3 is 2. The van der Waals surface area contributed by atoms with Crippen molar-refractivity contribution in [2.45, 2.75) is 25.8 Å². The molecule has 35 heavy (non-hydrogen) atoms. The van der Waals surface area contributed by atoms with Crippen LogP contribution in [-0.2, 0) is 11.3 Å². The second kappa shape index (κ2) is 10.9. The van der Waals surface area contributed by atoms with Gasteiger partial charge in [0.25, 0.3) is 5.56 Å². The number of fused-ring (bicyclic) bond motifs is 1. The molecule has 182 valence electrons. The standard InChI is InChI=1S/C26H29N5O4/c1-34-23-15-21-22(16-24(23)35-2)28-18-31(26(21)33)10-3-5-25(32)30-12-4-11-29(13-14-30)20-8-6-19(17-27)7-9-20/h6-9,15-16,18H,3-5,10-14H2,1-2H3. The number of carbonyl (C=O) groups excluding carboxylic acids is 1. The summed E-state index contributed by atoms with van der Waals surface area (Å²) < 4.78 is 12.1. The Balaban J connectivity index is 1.34. The number of nitriles is 1. The first-order valence-electron chi connectivity index (χ1n) is 11.7. The van der Waals surface area contributed by atoms with Crippen LogP contribution in [0.5, 0.6) is 11.5 Å². The molecule has 0 bridgehead atoms. The van der Waals surface area contributed by atoms with E-state index in [4.69, 9.17) is 14.7 Å². The largest absolute Gasteiger partial charge is 0.493 e. The van der Waals surface area contributed by atoms with Gasteiger partial charge in [-0.1, -0.05) is 0 Å². The lowest BCUT2D eigenvalue weighted by atomic mass is 10.2. The monoisotopic (exact) mass is 475 g/mol. The van der Waals surface area contributed by atoms with Gasteiger partial charge in [-0.15, -0.1) is 0 Å². The zero-order valence-electron chi connectivity index (χ0n) is 20.1. The zero-order chi connectivity index (χ0) is 24.8.